The van der Waals surface area contributed by atoms with Crippen molar-refractivity contribution in [1.82, 2.24) is 4.98 Å². The summed E-state index contributed by atoms with van der Waals surface area (Å²) in [5.41, 5.74) is 13.9. The van der Waals surface area contributed by atoms with Gasteiger partial charge in [0.05, 0.1) is 5.69 Å². The second-order valence-electron chi connectivity index (χ2n) is 4.29. The number of aryl methyl sites for hydroxylation is 2. The van der Waals surface area contributed by atoms with Crippen LogP contribution in [0, 0.1) is 11.3 Å². The summed E-state index contributed by atoms with van der Waals surface area (Å²) in [5, 5.41) is 10.0. The molecule has 0 aliphatic heterocycles. The molecule has 3 rings (SSSR count). The van der Waals surface area contributed by atoms with E-state index >= 15 is 0 Å². The predicted molar refractivity (Wildman–Crippen MR) is 69.8 cm³/mol. The zero-order valence-electron chi connectivity index (χ0n) is 9.29. The van der Waals surface area contributed by atoms with Crippen LogP contribution in [0.4, 0.5) is 11.5 Å². The minimum absolute atomic E-state index is 0.246. The summed E-state index contributed by atoms with van der Waals surface area (Å²) in [7, 11) is 0. The summed E-state index contributed by atoms with van der Waals surface area (Å²) in [4.78, 5) is 6.55. The Balaban J connectivity index is 2.41. The number of nitrogens with two attached hydrogens (primary N) is 2. The van der Waals surface area contributed by atoms with Crippen LogP contribution in [0.5, 0.6) is 0 Å². The van der Waals surface area contributed by atoms with Gasteiger partial charge >= 0.3 is 0 Å². The Morgan fingerprint density at radius 3 is 2.76 bits per heavy atom. The first-order valence-electron chi connectivity index (χ1n) is 5.61. The van der Waals surface area contributed by atoms with Gasteiger partial charge in [-0.25, -0.2) is 4.98 Å². The molecule has 0 radical (unpaired) electrons. The highest BCUT2D eigenvalue weighted by Gasteiger charge is 2.21. The molecule has 0 unspecified atom stereocenters. The SMILES string of the molecule is N#Cc1c(N)nc2sc3c(c2c1N)CCCC3. The molecule has 0 bridgehead atoms. The van der Waals surface area contributed by atoms with E-state index in [2.05, 4.69) is 4.98 Å². The highest BCUT2D eigenvalue weighted by Crippen LogP contribution is 2.40. The van der Waals surface area contributed by atoms with E-state index in [0.717, 1.165) is 23.1 Å². The Kier molecular flexibility index (Phi) is 2.20. The molecule has 0 saturated carbocycles. The van der Waals surface area contributed by atoms with Crippen molar-refractivity contribution in [3.63, 3.8) is 0 Å². The van der Waals surface area contributed by atoms with Crippen LogP contribution >= 0.6 is 11.3 Å². The number of rotatable bonds is 0. The van der Waals surface area contributed by atoms with Gasteiger partial charge in [-0.05, 0) is 31.2 Å². The van der Waals surface area contributed by atoms with E-state index in [1.54, 1.807) is 11.3 Å². The van der Waals surface area contributed by atoms with E-state index in [9.17, 15) is 0 Å². The van der Waals surface area contributed by atoms with Crippen LogP contribution in [0.25, 0.3) is 10.2 Å². The van der Waals surface area contributed by atoms with E-state index in [1.807, 2.05) is 6.07 Å². The lowest BCUT2D eigenvalue weighted by atomic mass is 9.95. The number of nitriles is 1. The standard InChI is InChI=1S/C12H12N4S/c13-5-7-10(14)9-6-3-1-2-4-8(6)17-12(9)16-11(7)15/h1-4H2,(H4,14,15,16). The van der Waals surface area contributed by atoms with Crippen molar-refractivity contribution in [3.05, 3.63) is 16.0 Å². The lowest BCUT2D eigenvalue weighted by Crippen LogP contribution is -2.03. The molecule has 2 heterocycles. The number of pyridine rings is 1. The normalized spacial score (nSPS) is 14.5. The third-order valence-corrected chi connectivity index (χ3v) is 4.47. The zero-order valence-corrected chi connectivity index (χ0v) is 10.1. The maximum atomic E-state index is 9.05. The van der Waals surface area contributed by atoms with Crippen LogP contribution < -0.4 is 11.5 Å². The third-order valence-electron chi connectivity index (χ3n) is 3.28. The van der Waals surface area contributed by atoms with Crippen LogP contribution in [0.1, 0.15) is 28.8 Å². The molecule has 0 atom stereocenters. The van der Waals surface area contributed by atoms with Gasteiger partial charge in [0.15, 0.2) is 0 Å². The third kappa shape index (κ3) is 1.38. The average molecular weight is 244 g/mol. The Morgan fingerprint density at radius 1 is 1.24 bits per heavy atom. The first-order chi connectivity index (χ1) is 8.22. The molecule has 5 heteroatoms. The fraction of sp³-hybridized carbons (Fsp3) is 0.333. The van der Waals surface area contributed by atoms with Gasteiger partial charge in [-0.15, -0.1) is 11.3 Å². The number of fused-ring (bicyclic) bond motifs is 3. The molecule has 0 saturated heterocycles. The molecular formula is C12H12N4S. The van der Waals surface area contributed by atoms with E-state index in [1.165, 1.54) is 23.3 Å². The maximum Gasteiger partial charge on any atom is 0.145 e. The molecule has 0 spiro atoms. The fourth-order valence-electron chi connectivity index (χ4n) is 2.45. The van der Waals surface area contributed by atoms with Crippen molar-refractivity contribution in [2.24, 2.45) is 0 Å². The molecule has 4 N–H and O–H groups in total. The van der Waals surface area contributed by atoms with Crippen LogP contribution in [0.3, 0.4) is 0 Å². The Hall–Kier alpha value is -1.80. The highest BCUT2D eigenvalue weighted by atomic mass is 32.1. The van der Waals surface area contributed by atoms with Gasteiger partial charge in [-0.3, -0.25) is 0 Å². The molecule has 0 amide bonds. The number of nitrogen functional groups attached to an aromatic ring is 2. The van der Waals surface area contributed by atoms with Crippen LogP contribution in [-0.2, 0) is 12.8 Å². The molecule has 17 heavy (non-hydrogen) atoms. The van der Waals surface area contributed by atoms with Gasteiger partial charge in [0.2, 0.25) is 0 Å². The zero-order chi connectivity index (χ0) is 12.0. The first kappa shape index (κ1) is 10.4. The summed E-state index contributed by atoms with van der Waals surface area (Å²) in [6, 6.07) is 2.04. The van der Waals surface area contributed by atoms with Gasteiger partial charge in [0, 0.05) is 10.3 Å². The van der Waals surface area contributed by atoms with Crippen LogP contribution in [0.15, 0.2) is 0 Å². The molecule has 4 nitrogen and oxygen atoms in total. The summed E-state index contributed by atoms with van der Waals surface area (Å²) in [6.45, 7) is 0. The van der Waals surface area contributed by atoms with E-state index in [0.29, 0.717) is 11.3 Å². The van der Waals surface area contributed by atoms with Crippen molar-refractivity contribution >= 4 is 33.1 Å². The molecule has 1 aliphatic carbocycles. The monoisotopic (exact) mass is 244 g/mol. The molecule has 2 aromatic heterocycles. The molecular weight excluding hydrogens is 232 g/mol. The van der Waals surface area contributed by atoms with Crippen molar-refractivity contribution in [1.29, 1.82) is 5.26 Å². The topological polar surface area (TPSA) is 88.7 Å². The quantitative estimate of drug-likeness (QED) is 0.743. The van der Waals surface area contributed by atoms with Gasteiger partial charge in [0.1, 0.15) is 22.3 Å². The second kappa shape index (κ2) is 3.60. The lowest BCUT2D eigenvalue weighted by molar-refractivity contribution is 0.700. The molecule has 1 aliphatic rings. The van der Waals surface area contributed by atoms with Gasteiger partial charge in [-0.2, -0.15) is 5.26 Å². The van der Waals surface area contributed by atoms with Crippen LogP contribution in [-0.4, -0.2) is 4.98 Å². The number of hydrogen-bond acceptors (Lipinski definition) is 5. The lowest BCUT2D eigenvalue weighted by Gasteiger charge is -2.11. The Labute approximate surface area is 103 Å². The Bertz CT molecular complexity index is 651. The summed E-state index contributed by atoms with van der Waals surface area (Å²) in [6.07, 6.45) is 4.54. The predicted octanol–water partition coefficient (Wildman–Crippen LogP) is 2.21. The Morgan fingerprint density at radius 2 is 2.00 bits per heavy atom. The van der Waals surface area contributed by atoms with Gasteiger partial charge < -0.3 is 11.5 Å². The summed E-state index contributed by atoms with van der Waals surface area (Å²) < 4.78 is 0. The molecule has 0 fully saturated rings. The number of aromatic nitrogens is 1. The van der Waals surface area contributed by atoms with E-state index < -0.39 is 0 Å². The average Bonchev–Trinajstić information content (AvgIpc) is 2.67. The number of thiophene rings is 1. The van der Waals surface area contributed by atoms with Crippen molar-refractivity contribution < 1.29 is 0 Å². The summed E-state index contributed by atoms with van der Waals surface area (Å²) in [5.74, 6) is 0.246. The van der Waals surface area contributed by atoms with Crippen molar-refractivity contribution in [2.45, 2.75) is 25.7 Å². The van der Waals surface area contributed by atoms with Crippen molar-refractivity contribution in [3.8, 4) is 6.07 Å². The molecule has 0 aromatic carbocycles. The van der Waals surface area contributed by atoms with Crippen molar-refractivity contribution in [2.75, 3.05) is 11.5 Å². The fourth-order valence-corrected chi connectivity index (χ4v) is 3.74. The smallest absolute Gasteiger partial charge is 0.145 e. The molecule has 2 aromatic rings. The van der Waals surface area contributed by atoms with E-state index in [4.69, 9.17) is 16.7 Å². The number of hydrogen-bond donors (Lipinski definition) is 2. The van der Waals surface area contributed by atoms with Gasteiger partial charge in [0.25, 0.3) is 0 Å². The highest BCUT2D eigenvalue weighted by molar-refractivity contribution is 7.19. The minimum Gasteiger partial charge on any atom is -0.397 e. The number of nitrogens with zero attached hydrogens (tertiary/aromatic N) is 2. The second-order valence-corrected chi connectivity index (χ2v) is 5.37. The van der Waals surface area contributed by atoms with E-state index in [-0.39, 0.29) is 5.82 Å². The number of anilines is 2. The molecule has 86 valence electrons. The maximum absolute atomic E-state index is 9.05. The largest absolute Gasteiger partial charge is 0.397 e. The van der Waals surface area contributed by atoms with Crippen LogP contribution in [0.2, 0.25) is 0 Å². The summed E-state index contributed by atoms with van der Waals surface area (Å²) >= 11 is 1.67. The van der Waals surface area contributed by atoms with Gasteiger partial charge in [-0.1, -0.05) is 0 Å². The first-order valence-corrected chi connectivity index (χ1v) is 6.43. The minimum atomic E-state index is 0.246.